The third kappa shape index (κ3) is 3.44. The van der Waals surface area contributed by atoms with Gasteiger partial charge in [-0.3, -0.25) is 0 Å². The maximum absolute atomic E-state index is 4.22. The molecule has 0 aliphatic rings. The average Bonchev–Trinajstić information content (AvgIpc) is 2.06. The van der Waals surface area contributed by atoms with E-state index < -0.39 is 0 Å². The van der Waals surface area contributed by atoms with E-state index in [1.54, 1.807) is 6.20 Å². The van der Waals surface area contributed by atoms with Gasteiger partial charge in [-0.25, -0.2) is 0 Å². The van der Waals surface area contributed by atoms with Gasteiger partial charge in [-0.15, -0.1) is 0 Å². The quantitative estimate of drug-likeness (QED) is 0.733. The first-order chi connectivity index (χ1) is 6.59. The molecular weight excluding hydrogens is 172 g/mol. The van der Waals surface area contributed by atoms with Gasteiger partial charge >= 0.3 is 0 Å². The SMILES string of the molecule is CC(C)Cc1ccnnc1CC(C)C. The van der Waals surface area contributed by atoms with Crippen molar-refractivity contribution >= 4 is 0 Å². The minimum Gasteiger partial charge on any atom is -0.159 e. The third-order valence-electron chi connectivity index (χ3n) is 2.12. The number of aromatic nitrogens is 2. The second kappa shape index (κ2) is 5.08. The molecule has 0 amide bonds. The lowest BCUT2D eigenvalue weighted by molar-refractivity contribution is 0.597. The first kappa shape index (κ1) is 11.2. The van der Waals surface area contributed by atoms with Gasteiger partial charge in [0.2, 0.25) is 0 Å². The molecule has 0 aromatic carbocycles. The Morgan fingerprint density at radius 1 is 1.07 bits per heavy atom. The maximum atomic E-state index is 4.22. The van der Waals surface area contributed by atoms with Gasteiger partial charge in [0.15, 0.2) is 0 Å². The molecule has 1 rings (SSSR count). The number of nitrogens with zero attached hydrogens (tertiary/aromatic N) is 2. The van der Waals surface area contributed by atoms with Crippen molar-refractivity contribution in [2.24, 2.45) is 11.8 Å². The molecule has 0 atom stereocenters. The van der Waals surface area contributed by atoms with E-state index in [1.807, 2.05) is 0 Å². The van der Waals surface area contributed by atoms with E-state index in [0.29, 0.717) is 11.8 Å². The minimum absolute atomic E-state index is 0.651. The molecule has 1 heterocycles. The predicted octanol–water partition coefficient (Wildman–Crippen LogP) is 2.87. The van der Waals surface area contributed by atoms with Crippen LogP contribution in [0.15, 0.2) is 12.3 Å². The van der Waals surface area contributed by atoms with Crippen LogP contribution in [0.5, 0.6) is 0 Å². The van der Waals surface area contributed by atoms with E-state index >= 15 is 0 Å². The lowest BCUT2D eigenvalue weighted by Crippen LogP contribution is -2.06. The summed E-state index contributed by atoms with van der Waals surface area (Å²) in [4.78, 5) is 0. The standard InChI is InChI=1S/C12H20N2/c1-9(2)7-11-5-6-13-14-12(11)8-10(3)4/h5-6,9-10H,7-8H2,1-4H3. The van der Waals surface area contributed by atoms with Crippen LogP contribution in [-0.4, -0.2) is 10.2 Å². The fraction of sp³-hybridized carbons (Fsp3) is 0.667. The zero-order valence-electron chi connectivity index (χ0n) is 9.62. The Morgan fingerprint density at radius 2 is 1.71 bits per heavy atom. The molecule has 0 N–H and O–H groups in total. The lowest BCUT2D eigenvalue weighted by atomic mass is 9.98. The van der Waals surface area contributed by atoms with Gasteiger partial charge in [-0.2, -0.15) is 10.2 Å². The number of hydrogen-bond acceptors (Lipinski definition) is 2. The molecule has 0 fully saturated rings. The summed E-state index contributed by atoms with van der Waals surface area (Å²) in [6.45, 7) is 8.90. The molecular formula is C12H20N2. The molecule has 0 saturated carbocycles. The Hall–Kier alpha value is -0.920. The summed E-state index contributed by atoms with van der Waals surface area (Å²) >= 11 is 0. The van der Waals surface area contributed by atoms with Crippen molar-refractivity contribution in [3.8, 4) is 0 Å². The third-order valence-corrected chi connectivity index (χ3v) is 2.12. The molecule has 2 nitrogen and oxygen atoms in total. The second-order valence-electron chi connectivity index (χ2n) is 4.70. The molecule has 0 aliphatic carbocycles. The highest BCUT2D eigenvalue weighted by Gasteiger charge is 2.07. The summed E-state index contributed by atoms with van der Waals surface area (Å²) in [5, 5.41) is 8.18. The number of rotatable bonds is 4. The zero-order chi connectivity index (χ0) is 10.6. The highest BCUT2D eigenvalue weighted by molar-refractivity contribution is 5.18. The van der Waals surface area contributed by atoms with Crippen molar-refractivity contribution in [2.75, 3.05) is 0 Å². The summed E-state index contributed by atoms with van der Waals surface area (Å²) in [5.74, 6) is 1.34. The summed E-state index contributed by atoms with van der Waals surface area (Å²) < 4.78 is 0. The van der Waals surface area contributed by atoms with Crippen molar-refractivity contribution in [1.29, 1.82) is 0 Å². The van der Waals surface area contributed by atoms with Gasteiger partial charge in [-0.05, 0) is 36.3 Å². The van der Waals surface area contributed by atoms with Gasteiger partial charge in [0.05, 0.1) is 5.69 Å². The maximum Gasteiger partial charge on any atom is 0.0665 e. The fourth-order valence-electron chi connectivity index (χ4n) is 1.57. The van der Waals surface area contributed by atoms with Crippen LogP contribution in [0, 0.1) is 11.8 Å². The van der Waals surface area contributed by atoms with Gasteiger partial charge in [0, 0.05) is 6.20 Å². The van der Waals surface area contributed by atoms with Crippen molar-refractivity contribution in [2.45, 2.75) is 40.5 Å². The fourth-order valence-corrected chi connectivity index (χ4v) is 1.57. The molecule has 0 aliphatic heterocycles. The highest BCUT2D eigenvalue weighted by Crippen LogP contribution is 2.14. The Morgan fingerprint density at radius 3 is 2.29 bits per heavy atom. The Kier molecular flexibility index (Phi) is 4.05. The van der Waals surface area contributed by atoms with Crippen LogP contribution in [0.3, 0.4) is 0 Å². The van der Waals surface area contributed by atoms with E-state index in [9.17, 15) is 0 Å². The molecule has 1 aromatic rings. The van der Waals surface area contributed by atoms with Crippen molar-refractivity contribution in [3.05, 3.63) is 23.5 Å². The van der Waals surface area contributed by atoms with Crippen LogP contribution in [0.2, 0.25) is 0 Å². The summed E-state index contributed by atoms with van der Waals surface area (Å²) in [6.07, 6.45) is 3.94. The van der Waals surface area contributed by atoms with E-state index in [0.717, 1.165) is 12.8 Å². The summed E-state index contributed by atoms with van der Waals surface area (Å²) in [6, 6.07) is 2.10. The number of hydrogen-bond donors (Lipinski definition) is 0. The summed E-state index contributed by atoms with van der Waals surface area (Å²) in [5.41, 5.74) is 2.54. The van der Waals surface area contributed by atoms with Crippen LogP contribution < -0.4 is 0 Å². The molecule has 0 spiro atoms. The Labute approximate surface area is 86.8 Å². The van der Waals surface area contributed by atoms with Gasteiger partial charge < -0.3 is 0 Å². The van der Waals surface area contributed by atoms with Crippen molar-refractivity contribution in [3.63, 3.8) is 0 Å². The Bertz CT molecular complexity index is 250. The summed E-state index contributed by atoms with van der Waals surface area (Å²) in [7, 11) is 0. The second-order valence-corrected chi connectivity index (χ2v) is 4.70. The largest absolute Gasteiger partial charge is 0.159 e. The van der Waals surface area contributed by atoms with Gasteiger partial charge in [-0.1, -0.05) is 27.7 Å². The van der Waals surface area contributed by atoms with Crippen LogP contribution >= 0.6 is 0 Å². The topological polar surface area (TPSA) is 25.8 Å². The van der Waals surface area contributed by atoms with Gasteiger partial charge in [0.1, 0.15) is 0 Å². The van der Waals surface area contributed by atoms with Gasteiger partial charge in [0.25, 0.3) is 0 Å². The Balaban J connectivity index is 2.80. The van der Waals surface area contributed by atoms with Crippen molar-refractivity contribution < 1.29 is 0 Å². The molecule has 78 valence electrons. The van der Waals surface area contributed by atoms with E-state index in [1.165, 1.54) is 11.3 Å². The minimum atomic E-state index is 0.651. The van der Waals surface area contributed by atoms with Crippen LogP contribution in [0.25, 0.3) is 0 Å². The molecule has 1 aromatic heterocycles. The highest BCUT2D eigenvalue weighted by atomic mass is 15.1. The van der Waals surface area contributed by atoms with Crippen molar-refractivity contribution in [1.82, 2.24) is 10.2 Å². The van der Waals surface area contributed by atoms with Crippen LogP contribution in [0.4, 0.5) is 0 Å². The molecule has 14 heavy (non-hydrogen) atoms. The molecule has 0 radical (unpaired) electrons. The van der Waals surface area contributed by atoms with Crippen LogP contribution in [-0.2, 0) is 12.8 Å². The predicted molar refractivity (Wildman–Crippen MR) is 59.1 cm³/mol. The molecule has 0 unspecified atom stereocenters. The first-order valence-corrected chi connectivity index (χ1v) is 5.39. The zero-order valence-corrected chi connectivity index (χ0v) is 9.62. The normalized spacial score (nSPS) is 11.3. The molecule has 0 bridgehead atoms. The molecule has 2 heteroatoms. The average molecular weight is 192 g/mol. The monoisotopic (exact) mass is 192 g/mol. The van der Waals surface area contributed by atoms with Crippen LogP contribution in [0.1, 0.15) is 39.0 Å². The van der Waals surface area contributed by atoms with E-state index in [-0.39, 0.29) is 0 Å². The lowest BCUT2D eigenvalue weighted by Gasteiger charge is -2.10. The van der Waals surface area contributed by atoms with E-state index in [2.05, 4.69) is 44.0 Å². The molecule has 0 saturated heterocycles. The smallest absolute Gasteiger partial charge is 0.0665 e. The van der Waals surface area contributed by atoms with E-state index in [4.69, 9.17) is 0 Å². The first-order valence-electron chi connectivity index (χ1n) is 5.39.